The monoisotopic (exact) mass is 269 g/mol. The third kappa shape index (κ3) is 3.19. The molecule has 0 saturated heterocycles. The van der Waals surface area contributed by atoms with Gasteiger partial charge in [-0.2, -0.15) is 0 Å². The van der Waals surface area contributed by atoms with Crippen molar-refractivity contribution in [3.05, 3.63) is 14.9 Å². The fourth-order valence-corrected chi connectivity index (χ4v) is 3.04. The molecule has 0 bridgehead atoms. The number of nitrogens with zero attached hydrogens (tertiary/aromatic N) is 1. The minimum atomic E-state index is -4.22. The van der Waals surface area contributed by atoms with Crippen LogP contribution < -0.4 is 61.3 Å². The van der Waals surface area contributed by atoms with E-state index in [1.165, 1.54) is 17.4 Å². The molecule has 0 fully saturated rings. The van der Waals surface area contributed by atoms with Crippen molar-refractivity contribution < 1.29 is 64.4 Å². The van der Waals surface area contributed by atoms with Gasteiger partial charge in [0.25, 0.3) is 0 Å². The van der Waals surface area contributed by atoms with Gasteiger partial charge in [0.2, 0.25) is 0 Å². The molecular formula is C8H8KNO3S2. The van der Waals surface area contributed by atoms with Crippen molar-refractivity contribution in [2.75, 3.05) is 0 Å². The standard InChI is InChI=1S/C8H9NO3S2.K/c1-5-9-7-3-2-6(14(10,11)12)4-8(7)13-5;/h3-4,6H,2H2,1H3,(H,10,11,12);/q;+1/p-1. The molecule has 1 unspecified atom stereocenters. The van der Waals surface area contributed by atoms with Gasteiger partial charge in [-0.05, 0) is 19.4 Å². The second kappa shape index (κ2) is 5.05. The van der Waals surface area contributed by atoms with Gasteiger partial charge in [-0.3, -0.25) is 0 Å². The largest absolute Gasteiger partial charge is 1.00 e. The average molecular weight is 269 g/mol. The molecule has 1 aromatic heterocycles. The second-order valence-corrected chi connectivity index (χ2v) is 5.95. The van der Waals surface area contributed by atoms with E-state index in [0.29, 0.717) is 0 Å². The van der Waals surface area contributed by atoms with Gasteiger partial charge >= 0.3 is 51.4 Å². The molecule has 1 aromatic rings. The van der Waals surface area contributed by atoms with E-state index in [4.69, 9.17) is 0 Å². The van der Waals surface area contributed by atoms with Gasteiger partial charge < -0.3 is 4.55 Å². The predicted octanol–water partition coefficient (Wildman–Crippen LogP) is -3.67. The van der Waals surface area contributed by atoms with Gasteiger partial charge in [0.15, 0.2) is 0 Å². The van der Waals surface area contributed by atoms with Crippen molar-refractivity contribution in [3.8, 4) is 0 Å². The average Bonchev–Trinajstić information content (AvgIpc) is 2.41. The van der Waals surface area contributed by atoms with Crippen LogP contribution in [0.5, 0.6) is 0 Å². The Morgan fingerprint density at radius 3 is 2.87 bits per heavy atom. The Hall–Kier alpha value is 0.916. The Kier molecular flexibility index (Phi) is 4.71. The quantitative estimate of drug-likeness (QED) is 0.389. The smallest absolute Gasteiger partial charge is 0.747 e. The minimum Gasteiger partial charge on any atom is -0.747 e. The summed E-state index contributed by atoms with van der Waals surface area (Å²) in [5.41, 5.74) is 0. The second-order valence-electron chi connectivity index (χ2n) is 3.12. The van der Waals surface area contributed by atoms with Crippen molar-refractivity contribution in [1.29, 1.82) is 0 Å². The molecule has 1 atom stereocenters. The Morgan fingerprint density at radius 1 is 1.60 bits per heavy atom. The number of thiazole rings is 1. The summed E-state index contributed by atoms with van der Waals surface area (Å²) in [6.07, 6.45) is 3.45. The van der Waals surface area contributed by atoms with Crippen molar-refractivity contribution in [2.45, 2.75) is 18.6 Å². The molecule has 2 rings (SSSR count). The molecule has 7 heteroatoms. The molecule has 1 aliphatic carbocycles. The predicted molar refractivity (Wildman–Crippen MR) is 53.1 cm³/mol. The van der Waals surface area contributed by atoms with Crippen LogP contribution in [0.15, 0.2) is 0 Å². The third-order valence-corrected chi connectivity index (χ3v) is 4.06. The van der Waals surface area contributed by atoms with Crippen LogP contribution in [0.25, 0.3) is 12.2 Å². The molecule has 0 aliphatic heterocycles. The van der Waals surface area contributed by atoms with Crippen LogP contribution in [-0.4, -0.2) is 23.2 Å². The van der Waals surface area contributed by atoms with E-state index in [2.05, 4.69) is 4.98 Å². The number of hydrogen-bond acceptors (Lipinski definition) is 5. The van der Waals surface area contributed by atoms with Gasteiger partial charge in [-0.1, -0.05) is 6.08 Å². The molecule has 0 aromatic carbocycles. The summed E-state index contributed by atoms with van der Waals surface area (Å²) in [7, 11) is -4.22. The molecule has 0 radical (unpaired) electrons. The van der Waals surface area contributed by atoms with Crippen LogP contribution in [0.4, 0.5) is 0 Å². The Balaban J connectivity index is 0.00000112. The Labute approximate surface area is 134 Å². The fraction of sp³-hybridized carbons (Fsp3) is 0.375. The summed E-state index contributed by atoms with van der Waals surface area (Å²) < 4.78 is 33.1. The topological polar surface area (TPSA) is 70.1 Å². The zero-order valence-corrected chi connectivity index (χ0v) is 13.2. The first-order valence-corrected chi connectivity index (χ1v) is 6.36. The number of fused-ring (bicyclic) bond motifs is 1. The first-order chi connectivity index (χ1) is 6.47. The summed E-state index contributed by atoms with van der Waals surface area (Å²) >= 11 is 1.41. The summed E-state index contributed by atoms with van der Waals surface area (Å²) in [5.74, 6) is 0. The first kappa shape index (κ1) is 14.0. The molecule has 0 amide bonds. The van der Waals surface area contributed by atoms with Gasteiger partial charge in [0.1, 0.15) is 10.1 Å². The molecule has 0 N–H and O–H groups in total. The van der Waals surface area contributed by atoms with Crippen LogP contribution >= 0.6 is 11.3 Å². The summed E-state index contributed by atoms with van der Waals surface area (Å²) in [4.78, 5) is 4.20. The maximum absolute atomic E-state index is 10.8. The van der Waals surface area contributed by atoms with Gasteiger partial charge in [-0.25, -0.2) is 13.4 Å². The van der Waals surface area contributed by atoms with E-state index in [1.807, 2.05) is 6.92 Å². The van der Waals surface area contributed by atoms with Crippen LogP contribution in [0.3, 0.4) is 0 Å². The maximum atomic E-state index is 10.8. The van der Waals surface area contributed by atoms with Gasteiger partial charge in [0.05, 0.1) is 20.1 Å². The molecule has 1 aliphatic rings. The molecule has 15 heavy (non-hydrogen) atoms. The summed E-state index contributed by atoms with van der Waals surface area (Å²) in [5, 5.41) is 0.758. The van der Waals surface area contributed by atoms with Crippen molar-refractivity contribution >= 4 is 33.6 Å². The first-order valence-electron chi connectivity index (χ1n) is 4.07. The van der Waals surface area contributed by atoms with Crippen molar-refractivity contribution in [3.63, 3.8) is 0 Å². The van der Waals surface area contributed by atoms with Gasteiger partial charge in [-0.15, -0.1) is 11.3 Å². The van der Waals surface area contributed by atoms with Crippen molar-refractivity contribution in [2.24, 2.45) is 0 Å². The number of hydrogen-bond donors (Lipinski definition) is 0. The van der Waals surface area contributed by atoms with E-state index in [9.17, 15) is 13.0 Å². The van der Waals surface area contributed by atoms with E-state index in [0.717, 1.165) is 14.9 Å². The number of aromatic nitrogens is 1. The Bertz CT molecular complexity index is 576. The zero-order valence-electron chi connectivity index (χ0n) is 8.43. The van der Waals surface area contributed by atoms with Crippen LogP contribution in [0.2, 0.25) is 0 Å². The van der Waals surface area contributed by atoms with E-state index in [-0.39, 0.29) is 57.8 Å². The summed E-state index contributed by atoms with van der Waals surface area (Å²) in [6, 6.07) is 0. The SMILES string of the molecule is Cc1nc2c(s1)=CC(S(=O)(=O)[O-])CC=2.[K+]. The molecule has 76 valence electrons. The van der Waals surface area contributed by atoms with Crippen LogP contribution in [0, 0.1) is 6.92 Å². The van der Waals surface area contributed by atoms with Gasteiger partial charge in [0, 0.05) is 0 Å². The Morgan fingerprint density at radius 2 is 2.27 bits per heavy atom. The minimum absolute atomic E-state index is 0. The number of rotatable bonds is 1. The molecule has 1 heterocycles. The summed E-state index contributed by atoms with van der Waals surface area (Å²) in [6.45, 7) is 1.85. The van der Waals surface area contributed by atoms with Crippen molar-refractivity contribution in [1.82, 2.24) is 4.98 Å². The molecule has 0 saturated carbocycles. The normalized spacial score (nSPS) is 19.5. The maximum Gasteiger partial charge on any atom is 1.00 e. The van der Waals surface area contributed by atoms with Crippen LogP contribution in [-0.2, 0) is 10.1 Å². The zero-order chi connectivity index (χ0) is 10.3. The third-order valence-electron chi connectivity index (χ3n) is 2.04. The molecular weight excluding hydrogens is 261 g/mol. The fourth-order valence-electron chi connectivity index (χ4n) is 1.39. The number of aryl methyl sites for hydroxylation is 1. The van der Waals surface area contributed by atoms with E-state index in [1.54, 1.807) is 6.08 Å². The van der Waals surface area contributed by atoms with E-state index < -0.39 is 15.4 Å². The van der Waals surface area contributed by atoms with E-state index >= 15 is 0 Å². The molecule has 0 spiro atoms. The molecule has 4 nitrogen and oxygen atoms in total. The van der Waals surface area contributed by atoms with Crippen LogP contribution in [0.1, 0.15) is 11.4 Å².